The van der Waals surface area contributed by atoms with Crippen LogP contribution in [0.25, 0.3) is 0 Å². The predicted octanol–water partition coefficient (Wildman–Crippen LogP) is 2.47. The summed E-state index contributed by atoms with van der Waals surface area (Å²) in [5.74, 6) is -0.602. The zero-order valence-corrected chi connectivity index (χ0v) is 16.7. The first-order chi connectivity index (χ1) is 15.0. The van der Waals surface area contributed by atoms with Crippen LogP contribution in [0.15, 0.2) is 42.5 Å². The van der Waals surface area contributed by atoms with E-state index in [0.717, 1.165) is 0 Å². The minimum absolute atomic E-state index is 0.0724. The van der Waals surface area contributed by atoms with E-state index in [4.69, 9.17) is 14.9 Å². The lowest BCUT2D eigenvalue weighted by atomic mass is 10.1. The Morgan fingerprint density at radius 1 is 1.06 bits per heavy atom. The Labute approximate surface area is 178 Å². The van der Waals surface area contributed by atoms with Crippen molar-refractivity contribution >= 4 is 29.2 Å². The highest BCUT2D eigenvalue weighted by Gasteiger charge is 2.39. The van der Waals surface area contributed by atoms with Crippen LogP contribution in [-0.4, -0.2) is 68.2 Å². The van der Waals surface area contributed by atoms with Gasteiger partial charge in [0.15, 0.2) is 0 Å². The predicted molar refractivity (Wildman–Crippen MR) is 111 cm³/mol. The van der Waals surface area contributed by atoms with E-state index < -0.39 is 18.0 Å². The van der Waals surface area contributed by atoms with Crippen molar-refractivity contribution in [2.24, 2.45) is 0 Å². The highest BCUT2D eigenvalue weighted by atomic mass is 19.1. The van der Waals surface area contributed by atoms with Gasteiger partial charge in [-0.1, -0.05) is 18.2 Å². The van der Waals surface area contributed by atoms with Crippen LogP contribution in [0.5, 0.6) is 0 Å². The lowest BCUT2D eigenvalue weighted by Crippen LogP contribution is -2.38. The first-order valence-electron chi connectivity index (χ1n) is 10.1. The van der Waals surface area contributed by atoms with Gasteiger partial charge < -0.3 is 14.4 Å². The van der Waals surface area contributed by atoms with Gasteiger partial charge in [-0.3, -0.25) is 20.0 Å². The molecule has 2 amide bonds. The number of morpholine rings is 1. The van der Waals surface area contributed by atoms with Crippen LogP contribution >= 0.6 is 0 Å². The van der Waals surface area contributed by atoms with Crippen molar-refractivity contribution in [3.8, 4) is 0 Å². The summed E-state index contributed by atoms with van der Waals surface area (Å²) in [6, 6.07) is 11.6. The van der Waals surface area contributed by atoms with E-state index in [0.29, 0.717) is 48.8 Å². The molecule has 2 aromatic rings. The number of benzene rings is 2. The monoisotopic (exact) mass is 424 g/mol. The third kappa shape index (κ3) is 3.40. The van der Waals surface area contributed by atoms with Gasteiger partial charge in [-0.25, -0.2) is 9.18 Å². The second-order valence-electron chi connectivity index (χ2n) is 7.66. The van der Waals surface area contributed by atoms with Crippen molar-refractivity contribution < 1.29 is 23.5 Å². The van der Waals surface area contributed by atoms with Gasteiger partial charge in [0.2, 0.25) is 0 Å². The number of rotatable bonds is 4. The second-order valence-corrected chi connectivity index (χ2v) is 7.66. The number of carbonyl (C=O) groups excluding carboxylic acids is 2. The molecule has 0 aliphatic carbocycles. The molecule has 3 aliphatic rings. The maximum absolute atomic E-state index is 14.8. The van der Waals surface area contributed by atoms with Gasteiger partial charge in [-0.05, 0) is 24.3 Å². The van der Waals surface area contributed by atoms with Crippen molar-refractivity contribution in [1.29, 1.82) is 5.41 Å². The molecule has 3 heterocycles. The quantitative estimate of drug-likeness (QED) is 0.815. The smallest absolute Gasteiger partial charge is 0.414 e. The molecule has 0 aromatic heterocycles. The van der Waals surface area contributed by atoms with Crippen molar-refractivity contribution in [2.45, 2.75) is 6.10 Å². The number of carbonyl (C=O) groups is 2. The van der Waals surface area contributed by atoms with Crippen LogP contribution in [0.1, 0.15) is 15.9 Å². The van der Waals surface area contributed by atoms with Crippen molar-refractivity contribution in [1.82, 2.24) is 4.90 Å². The molecular weight excluding hydrogens is 403 g/mol. The third-order valence-corrected chi connectivity index (χ3v) is 5.78. The summed E-state index contributed by atoms with van der Waals surface area (Å²) in [5.41, 5.74) is 1.90. The number of ether oxygens (including phenoxy) is 2. The molecular formula is C22H21FN4O4. The molecule has 0 spiro atoms. The summed E-state index contributed by atoms with van der Waals surface area (Å²) in [5, 5.41) is 8.28. The maximum atomic E-state index is 14.8. The molecule has 31 heavy (non-hydrogen) atoms. The zero-order valence-electron chi connectivity index (χ0n) is 16.7. The number of nitrogens with one attached hydrogen (secondary N) is 1. The normalized spacial score (nSPS) is 21.0. The molecule has 8 nitrogen and oxygen atoms in total. The summed E-state index contributed by atoms with van der Waals surface area (Å²) < 4.78 is 25.5. The summed E-state index contributed by atoms with van der Waals surface area (Å²) in [4.78, 5) is 29.6. The van der Waals surface area contributed by atoms with Crippen LogP contribution in [0.4, 0.5) is 20.6 Å². The molecule has 0 saturated carbocycles. The Bertz CT molecular complexity index is 1030. The number of fused-ring (bicyclic) bond motifs is 1. The molecule has 160 valence electrons. The Morgan fingerprint density at radius 3 is 2.52 bits per heavy atom. The lowest BCUT2D eigenvalue weighted by molar-refractivity contribution is 0.0781. The minimum atomic E-state index is -0.618. The lowest BCUT2D eigenvalue weighted by Gasteiger charge is -2.29. The molecule has 1 atom stereocenters. The summed E-state index contributed by atoms with van der Waals surface area (Å²) >= 11 is 0. The van der Waals surface area contributed by atoms with E-state index in [2.05, 4.69) is 0 Å². The number of nitrogens with zero attached hydrogens (tertiary/aromatic N) is 3. The largest absolute Gasteiger partial charge is 0.442 e. The number of hydrogen-bond donors (Lipinski definition) is 1. The van der Waals surface area contributed by atoms with E-state index in [1.54, 1.807) is 36.4 Å². The van der Waals surface area contributed by atoms with Crippen molar-refractivity contribution in [2.75, 3.05) is 49.2 Å². The number of cyclic esters (lactones) is 1. The van der Waals surface area contributed by atoms with E-state index in [-0.39, 0.29) is 24.8 Å². The van der Waals surface area contributed by atoms with Gasteiger partial charge in [0.1, 0.15) is 17.8 Å². The fraction of sp³-hybridized carbons (Fsp3) is 0.318. The Hall–Kier alpha value is -3.46. The topological polar surface area (TPSA) is 86.2 Å². The average molecular weight is 424 g/mol. The molecule has 3 aliphatic heterocycles. The first kappa shape index (κ1) is 19.5. The van der Waals surface area contributed by atoms with Crippen molar-refractivity contribution in [3.05, 3.63) is 59.4 Å². The third-order valence-electron chi connectivity index (χ3n) is 5.78. The molecule has 0 radical (unpaired) electrons. The number of hydrogen-bond acceptors (Lipinski definition) is 6. The van der Waals surface area contributed by atoms with Gasteiger partial charge >= 0.3 is 6.09 Å². The SMILES string of the molecule is N=C1c2ccccc2C(=O)N1CC1CN(c2ccc(N3CCOCC3)c(F)c2)C(=O)O1. The van der Waals surface area contributed by atoms with Crippen LogP contribution in [0.2, 0.25) is 0 Å². The molecule has 1 N–H and O–H groups in total. The Kier molecular flexibility index (Phi) is 4.82. The molecule has 1 unspecified atom stereocenters. The van der Waals surface area contributed by atoms with Gasteiger partial charge in [0.05, 0.1) is 43.2 Å². The zero-order chi connectivity index (χ0) is 21.5. The highest BCUT2D eigenvalue weighted by Crippen LogP contribution is 2.29. The second kappa shape index (κ2) is 7.66. The van der Waals surface area contributed by atoms with Crippen LogP contribution in [-0.2, 0) is 9.47 Å². The number of halogens is 1. The van der Waals surface area contributed by atoms with Gasteiger partial charge in [-0.2, -0.15) is 0 Å². The van der Waals surface area contributed by atoms with E-state index in [1.807, 2.05) is 4.90 Å². The number of amidine groups is 1. The van der Waals surface area contributed by atoms with Gasteiger partial charge in [-0.15, -0.1) is 0 Å². The van der Waals surface area contributed by atoms with E-state index in [1.165, 1.54) is 15.9 Å². The number of anilines is 2. The molecule has 5 rings (SSSR count). The molecule has 2 saturated heterocycles. The van der Waals surface area contributed by atoms with Crippen LogP contribution in [0, 0.1) is 11.2 Å². The first-order valence-corrected chi connectivity index (χ1v) is 10.1. The summed E-state index contributed by atoms with van der Waals surface area (Å²) in [6.07, 6.45) is -1.22. The Morgan fingerprint density at radius 2 is 1.81 bits per heavy atom. The van der Waals surface area contributed by atoms with Crippen LogP contribution in [0.3, 0.4) is 0 Å². The summed E-state index contributed by atoms with van der Waals surface area (Å²) in [6.45, 7) is 2.57. The summed E-state index contributed by atoms with van der Waals surface area (Å²) in [7, 11) is 0. The molecule has 2 fully saturated rings. The Balaban J connectivity index is 1.29. The maximum Gasteiger partial charge on any atom is 0.414 e. The minimum Gasteiger partial charge on any atom is -0.442 e. The average Bonchev–Trinajstić information content (AvgIpc) is 3.27. The molecule has 0 bridgehead atoms. The van der Waals surface area contributed by atoms with Crippen molar-refractivity contribution in [3.63, 3.8) is 0 Å². The number of amides is 2. The fourth-order valence-corrected chi connectivity index (χ4v) is 4.20. The standard InChI is InChI=1S/C22H21FN4O4/c23-18-11-14(5-6-19(18)25-7-9-30-10-8-25)26-12-15(31-22(26)29)13-27-20(24)16-3-1-2-4-17(16)21(27)28/h1-6,11,15,24H,7-10,12-13H2. The highest BCUT2D eigenvalue weighted by molar-refractivity contribution is 6.22. The fourth-order valence-electron chi connectivity index (χ4n) is 4.20. The molecule has 9 heteroatoms. The van der Waals surface area contributed by atoms with Crippen LogP contribution < -0.4 is 9.80 Å². The van der Waals surface area contributed by atoms with Gasteiger partial charge in [0.25, 0.3) is 5.91 Å². The molecule has 2 aromatic carbocycles. The van der Waals surface area contributed by atoms with E-state index >= 15 is 0 Å². The van der Waals surface area contributed by atoms with E-state index in [9.17, 15) is 14.0 Å². The van der Waals surface area contributed by atoms with Gasteiger partial charge in [0, 0.05) is 18.7 Å².